The van der Waals surface area contributed by atoms with E-state index in [1.807, 2.05) is 73.9 Å². The summed E-state index contributed by atoms with van der Waals surface area (Å²) in [4.78, 5) is 32.0. The first-order valence-corrected chi connectivity index (χ1v) is 12.9. The third-order valence-electron chi connectivity index (χ3n) is 7.18. The highest BCUT2D eigenvalue weighted by Gasteiger charge is 2.12. The minimum atomic E-state index is -0.0518. The van der Waals surface area contributed by atoms with Crippen LogP contribution in [-0.2, 0) is 27.2 Å². The van der Waals surface area contributed by atoms with E-state index in [1.54, 1.807) is 27.8 Å². The van der Waals surface area contributed by atoms with E-state index in [9.17, 15) is 9.59 Å². The molecule has 0 fully saturated rings. The van der Waals surface area contributed by atoms with Gasteiger partial charge in [-0.3, -0.25) is 23.8 Å². The predicted molar refractivity (Wildman–Crippen MR) is 151 cm³/mol. The molecule has 38 heavy (non-hydrogen) atoms. The first-order chi connectivity index (χ1) is 18.4. The lowest BCUT2D eigenvalue weighted by Gasteiger charge is -2.23. The maximum Gasteiger partial charge on any atom is 0.328 e. The van der Waals surface area contributed by atoms with Gasteiger partial charge in [0.2, 0.25) is 0 Å². The summed E-state index contributed by atoms with van der Waals surface area (Å²) in [5.41, 5.74) is 3.91. The second-order valence-corrected chi connectivity index (χ2v) is 9.68. The Bertz CT molecular complexity index is 1700. The van der Waals surface area contributed by atoms with Gasteiger partial charge in [-0.2, -0.15) is 0 Å². The number of pyridine rings is 2. The van der Waals surface area contributed by atoms with Crippen LogP contribution in [0.3, 0.4) is 0 Å². The predicted octanol–water partition coefficient (Wildman–Crippen LogP) is 3.87. The van der Waals surface area contributed by atoms with Crippen LogP contribution in [0.2, 0.25) is 0 Å². The second kappa shape index (κ2) is 11.1. The Morgan fingerprint density at radius 1 is 0.921 bits per heavy atom. The molecule has 196 valence electrons. The smallest absolute Gasteiger partial charge is 0.328 e. The zero-order chi connectivity index (χ0) is 26.6. The number of hydrogen-bond donors (Lipinski definition) is 0. The molecule has 0 N–H and O–H groups in total. The third kappa shape index (κ3) is 5.26. The molecule has 0 atom stereocenters. The van der Waals surface area contributed by atoms with Crippen molar-refractivity contribution >= 4 is 21.8 Å². The Labute approximate surface area is 221 Å². The van der Waals surface area contributed by atoms with Crippen molar-refractivity contribution in [2.24, 2.45) is 14.1 Å². The number of aryl methyl sites for hydroxylation is 3. The third-order valence-corrected chi connectivity index (χ3v) is 7.18. The van der Waals surface area contributed by atoms with Gasteiger partial charge in [0.25, 0.3) is 5.56 Å². The number of imidazole rings is 1. The molecule has 0 aliphatic carbocycles. The summed E-state index contributed by atoms with van der Waals surface area (Å²) in [6.07, 6.45) is 4.51. The Hall–Kier alpha value is -4.17. The minimum absolute atomic E-state index is 0.0367. The summed E-state index contributed by atoms with van der Waals surface area (Å²) in [6.45, 7) is 5.46. The van der Waals surface area contributed by atoms with E-state index in [-0.39, 0.29) is 11.2 Å². The summed E-state index contributed by atoms with van der Waals surface area (Å²) >= 11 is 0. The molecule has 0 amide bonds. The van der Waals surface area contributed by atoms with Crippen LogP contribution in [0, 0.1) is 6.92 Å². The number of hydrogen-bond acceptors (Lipinski definition) is 5. The summed E-state index contributed by atoms with van der Waals surface area (Å²) in [6, 6.07) is 19.5. The van der Waals surface area contributed by atoms with Crippen molar-refractivity contribution in [3.8, 4) is 5.75 Å². The topological polar surface area (TPSA) is 74.3 Å². The number of aromatic nitrogens is 4. The highest BCUT2D eigenvalue weighted by molar-refractivity contribution is 5.81. The number of fused-ring (bicyclic) bond motifs is 2. The SMILES string of the molecule is Cc1ncccc1CN(CCCOc1ccc2c(c1)n(C)c(=O)n2C)CCn1ccc2ccccc2c1=O. The maximum atomic E-state index is 13.0. The zero-order valence-electron chi connectivity index (χ0n) is 22.1. The van der Waals surface area contributed by atoms with Crippen LogP contribution >= 0.6 is 0 Å². The molecule has 8 nitrogen and oxygen atoms in total. The quantitative estimate of drug-likeness (QED) is 0.266. The first kappa shape index (κ1) is 25.5. The molecule has 5 rings (SSSR count). The molecule has 5 aromatic rings. The Balaban J connectivity index is 1.25. The molecule has 0 aliphatic rings. The average molecular weight is 512 g/mol. The molecule has 0 saturated carbocycles. The van der Waals surface area contributed by atoms with Crippen molar-refractivity contribution in [1.82, 2.24) is 23.6 Å². The van der Waals surface area contributed by atoms with E-state index >= 15 is 0 Å². The fourth-order valence-corrected chi connectivity index (χ4v) is 4.91. The summed E-state index contributed by atoms with van der Waals surface area (Å²) in [5.74, 6) is 0.746. The van der Waals surface area contributed by atoms with Crippen molar-refractivity contribution in [3.05, 3.63) is 105 Å². The first-order valence-electron chi connectivity index (χ1n) is 12.9. The van der Waals surface area contributed by atoms with Gasteiger partial charge in [-0.15, -0.1) is 0 Å². The molecule has 0 radical (unpaired) electrons. The van der Waals surface area contributed by atoms with Crippen LogP contribution in [0.5, 0.6) is 5.75 Å². The largest absolute Gasteiger partial charge is 0.493 e. The molecular formula is C30H33N5O3. The zero-order valence-corrected chi connectivity index (χ0v) is 22.1. The summed E-state index contributed by atoms with van der Waals surface area (Å²) in [7, 11) is 3.55. The van der Waals surface area contributed by atoms with Crippen LogP contribution in [-0.4, -0.2) is 43.3 Å². The minimum Gasteiger partial charge on any atom is -0.493 e. The average Bonchev–Trinajstić information content (AvgIpc) is 3.15. The van der Waals surface area contributed by atoms with Crippen LogP contribution < -0.4 is 16.0 Å². The summed E-state index contributed by atoms with van der Waals surface area (Å²) in [5, 5.41) is 1.70. The van der Waals surface area contributed by atoms with Gasteiger partial charge in [0.1, 0.15) is 5.75 Å². The maximum absolute atomic E-state index is 13.0. The molecule has 0 saturated heterocycles. The van der Waals surface area contributed by atoms with Gasteiger partial charge in [0, 0.05) is 69.8 Å². The number of nitrogens with zero attached hydrogens (tertiary/aromatic N) is 5. The lowest BCUT2D eigenvalue weighted by atomic mass is 10.2. The van der Waals surface area contributed by atoms with E-state index in [0.717, 1.165) is 59.3 Å². The Morgan fingerprint density at radius 2 is 1.74 bits per heavy atom. The Kier molecular flexibility index (Phi) is 7.42. The fourth-order valence-electron chi connectivity index (χ4n) is 4.91. The highest BCUT2D eigenvalue weighted by Crippen LogP contribution is 2.20. The van der Waals surface area contributed by atoms with E-state index in [0.29, 0.717) is 13.2 Å². The van der Waals surface area contributed by atoms with Gasteiger partial charge < -0.3 is 9.30 Å². The van der Waals surface area contributed by atoms with Crippen molar-refractivity contribution < 1.29 is 4.74 Å². The number of benzene rings is 2. The Morgan fingerprint density at radius 3 is 2.58 bits per heavy atom. The van der Waals surface area contributed by atoms with Gasteiger partial charge in [0.15, 0.2) is 0 Å². The molecule has 8 heteroatoms. The molecule has 3 aromatic heterocycles. The van der Waals surface area contributed by atoms with Gasteiger partial charge >= 0.3 is 5.69 Å². The van der Waals surface area contributed by atoms with Crippen molar-refractivity contribution in [2.75, 3.05) is 19.7 Å². The monoisotopic (exact) mass is 511 g/mol. The van der Waals surface area contributed by atoms with Crippen molar-refractivity contribution in [2.45, 2.75) is 26.4 Å². The van der Waals surface area contributed by atoms with Crippen LogP contribution in [0.15, 0.2) is 82.6 Å². The van der Waals surface area contributed by atoms with E-state index in [2.05, 4.69) is 16.0 Å². The van der Waals surface area contributed by atoms with Crippen molar-refractivity contribution in [1.29, 1.82) is 0 Å². The van der Waals surface area contributed by atoms with Crippen molar-refractivity contribution in [3.63, 3.8) is 0 Å². The normalized spacial score (nSPS) is 11.6. The second-order valence-electron chi connectivity index (χ2n) is 9.68. The van der Waals surface area contributed by atoms with E-state index in [4.69, 9.17) is 4.74 Å². The lowest BCUT2D eigenvalue weighted by molar-refractivity contribution is 0.220. The molecule has 0 unspecified atom stereocenters. The van der Waals surface area contributed by atoms with Gasteiger partial charge in [-0.1, -0.05) is 24.3 Å². The molecule has 0 spiro atoms. The van der Waals surface area contributed by atoms with E-state index < -0.39 is 0 Å². The molecule has 0 bridgehead atoms. The number of rotatable bonds is 10. The van der Waals surface area contributed by atoms with Crippen LogP contribution in [0.25, 0.3) is 21.8 Å². The van der Waals surface area contributed by atoms with Gasteiger partial charge in [-0.05, 0) is 54.6 Å². The van der Waals surface area contributed by atoms with Gasteiger partial charge in [0.05, 0.1) is 17.6 Å². The van der Waals surface area contributed by atoms with Gasteiger partial charge in [-0.25, -0.2) is 4.79 Å². The molecule has 3 heterocycles. The van der Waals surface area contributed by atoms with E-state index in [1.165, 1.54) is 5.56 Å². The molecule has 0 aliphatic heterocycles. The molecular weight excluding hydrogens is 478 g/mol. The van der Waals surface area contributed by atoms with Crippen LogP contribution in [0.4, 0.5) is 0 Å². The summed E-state index contributed by atoms with van der Waals surface area (Å²) < 4.78 is 11.1. The highest BCUT2D eigenvalue weighted by atomic mass is 16.5. The van der Waals surface area contributed by atoms with Crippen LogP contribution in [0.1, 0.15) is 17.7 Å². The fraction of sp³-hybridized carbons (Fsp3) is 0.300. The lowest BCUT2D eigenvalue weighted by Crippen LogP contribution is -2.32. The number of ether oxygens (including phenoxy) is 1. The molecule has 2 aromatic carbocycles. The standard InChI is InChI=1S/C30H33N5O3/c1-22-24(9-6-14-31-22)21-34(17-18-35-16-13-23-8-4-5-10-26(23)29(35)36)15-7-19-38-25-11-12-27-28(20-25)33(3)30(37)32(27)2/h4-6,8-14,16,20H,7,15,17-19,21H2,1-3H3.